The number of benzene rings is 3. The summed E-state index contributed by atoms with van der Waals surface area (Å²) in [6.45, 7) is 6.94. The summed E-state index contributed by atoms with van der Waals surface area (Å²) >= 11 is 1.26. The van der Waals surface area contributed by atoms with Gasteiger partial charge in [-0.05, 0) is 56.7 Å². The van der Waals surface area contributed by atoms with Crippen LogP contribution in [0.25, 0.3) is 6.08 Å². The van der Waals surface area contributed by atoms with Crippen molar-refractivity contribution in [1.82, 2.24) is 9.47 Å². The van der Waals surface area contributed by atoms with Crippen LogP contribution in [0.2, 0.25) is 0 Å². The summed E-state index contributed by atoms with van der Waals surface area (Å²) in [6.07, 6.45) is 1.78. The number of carbonyl (C=O) groups is 1. The van der Waals surface area contributed by atoms with Crippen LogP contribution in [0, 0.1) is 11.3 Å². The van der Waals surface area contributed by atoms with E-state index in [0.29, 0.717) is 62.1 Å². The number of carbonyl (C=O) groups excluding carboxylic acids is 1. The van der Waals surface area contributed by atoms with E-state index in [-0.39, 0.29) is 18.1 Å². The highest BCUT2D eigenvalue weighted by molar-refractivity contribution is 7.07. The van der Waals surface area contributed by atoms with Crippen LogP contribution in [0.1, 0.15) is 49.1 Å². The van der Waals surface area contributed by atoms with Gasteiger partial charge in [-0.3, -0.25) is 14.2 Å². The van der Waals surface area contributed by atoms with Gasteiger partial charge in [0, 0.05) is 24.2 Å². The first-order chi connectivity index (χ1) is 21.8. The van der Waals surface area contributed by atoms with Crippen LogP contribution in [0.3, 0.4) is 0 Å². The monoisotopic (exact) mass is 622 g/mol. The van der Waals surface area contributed by atoms with E-state index in [9.17, 15) is 14.9 Å². The fourth-order valence-electron chi connectivity index (χ4n) is 5.42. The summed E-state index contributed by atoms with van der Waals surface area (Å²) in [5.74, 6) is 1.41. The van der Waals surface area contributed by atoms with Gasteiger partial charge in [-0.15, -0.1) is 0 Å². The van der Waals surface area contributed by atoms with Gasteiger partial charge >= 0.3 is 0 Å². The zero-order chi connectivity index (χ0) is 32.1. The molecule has 1 atom stereocenters. The Balaban J connectivity index is 1.58. The van der Waals surface area contributed by atoms with Crippen LogP contribution in [0.15, 0.2) is 87.8 Å². The fraction of sp³-hybridized carbons (Fsp3) is 0.257. The van der Waals surface area contributed by atoms with Gasteiger partial charge in [-0.25, -0.2) is 4.99 Å². The number of amides is 1. The predicted octanol–water partition coefficient (Wildman–Crippen LogP) is 4.57. The first kappa shape index (κ1) is 31.3. The first-order valence-corrected chi connectivity index (χ1v) is 15.4. The maximum atomic E-state index is 14.1. The van der Waals surface area contributed by atoms with Gasteiger partial charge in [-0.2, -0.15) is 5.26 Å². The van der Waals surface area contributed by atoms with Crippen molar-refractivity contribution in [2.24, 2.45) is 4.99 Å². The molecule has 5 rings (SSSR count). The lowest BCUT2D eigenvalue weighted by molar-refractivity contribution is -0.127. The number of aromatic nitrogens is 1. The molecule has 0 spiro atoms. The van der Waals surface area contributed by atoms with Gasteiger partial charge < -0.3 is 19.1 Å². The van der Waals surface area contributed by atoms with Gasteiger partial charge in [0.1, 0.15) is 18.4 Å². The normalized spacial score (nSPS) is 14.3. The number of rotatable bonds is 10. The van der Waals surface area contributed by atoms with Crippen molar-refractivity contribution in [3.8, 4) is 23.3 Å². The number of allylic oxidation sites excluding steroid dienone is 1. The molecule has 2 heterocycles. The quantitative estimate of drug-likeness (QED) is 0.257. The Morgan fingerprint density at radius 2 is 1.73 bits per heavy atom. The molecule has 0 bridgehead atoms. The number of nitriles is 1. The minimum absolute atomic E-state index is 0.163. The van der Waals surface area contributed by atoms with Crippen molar-refractivity contribution in [3.63, 3.8) is 0 Å². The third kappa shape index (κ3) is 6.12. The van der Waals surface area contributed by atoms with Crippen LogP contribution in [-0.4, -0.2) is 42.7 Å². The maximum absolute atomic E-state index is 14.1. The number of methoxy groups -OCH3 is 2. The molecule has 0 N–H and O–H groups in total. The predicted molar refractivity (Wildman–Crippen MR) is 173 cm³/mol. The van der Waals surface area contributed by atoms with Crippen molar-refractivity contribution in [1.29, 1.82) is 5.26 Å². The van der Waals surface area contributed by atoms with Gasteiger partial charge in [0.25, 0.3) is 11.5 Å². The summed E-state index contributed by atoms with van der Waals surface area (Å²) in [6, 6.07) is 21.6. The van der Waals surface area contributed by atoms with Gasteiger partial charge in [-0.1, -0.05) is 53.8 Å². The Kier molecular flexibility index (Phi) is 9.50. The lowest BCUT2D eigenvalue weighted by Gasteiger charge is -2.29. The number of fused-ring (bicyclic) bond motifs is 1. The van der Waals surface area contributed by atoms with E-state index in [1.54, 1.807) is 48.0 Å². The Hall–Kier alpha value is -5.14. The molecular weight excluding hydrogens is 588 g/mol. The Labute approximate surface area is 265 Å². The number of nitrogens with zero attached hydrogens (tertiary/aromatic N) is 4. The minimum Gasteiger partial charge on any atom is -0.496 e. The van der Waals surface area contributed by atoms with Crippen molar-refractivity contribution in [2.75, 3.05) is 27.3 Å². The number of para-hydroxylation sites is 1. The number of likely N-dealkylation sites (N-methyl/N-ethyl adjacent to an activating group) is 1. The average Bonchev–Trinajstić information content (AvgIpc) is 3.37. The second-order valence-electron chi connectivity index (χ2n) is 10.3. The first-order valence-electron chi connectivity index (χ1n) is 14.6. The number of thiazole rings is 1. The van der Waals surface area contributed by atoms with E-state index in [2.05, 4.69) is 6.07 Å². The summed E-state index contributed by atoms with van der Waals surface area (Å²) in [5.41, 5.74) is 3.50. The van der Waals surface area contributed by atoms with Crippen LogP contribution in [-0.2, 0) is 11.4 Å². The number of ether oxygens (including phenoxy) is 3. The van der Waals surface area contributed by atoms with E-state index in [1.807, 2.05) is 69.3 Å². The van der Waals surface area contributed by atoms with Crippen LogP contribution in [0.4, 0.5) is 0 Å². The molecule has 0 saturated heterocycles. The van der Waals surface area contributed by atoms with Crippen LogP contribution < -0.4 is 29.1 Å². The molecule has 0 aliphatic carbocycles. The summed E-state index contributed by atoms with van der Waals surface area (Å²) < 4.78 is 19.3. The Morgan fingerprint density at radius 1 is 1.02 bits per heavy atom. The number of hydrogen-bond acceptors (Lipinski definition) is 8. The topological polar surface area (TPSA) is 106 Å². The highest BCUT2D eigenvalue weighted by Crippen LogP contribution is 2.36. The third-order valence-corrected chi connectivity index (χ3v) is 8.73. The van der Waals surface area contributed by atoms with Crippen molar-refractivity contribution in [2.45, 2.75) is 33.4 Å². The number of hydrogen-bond donors (Lipinski definition) is 0. The molecule has 1 aliphatic heterocycles. The van der Waals surface area contributed by atoms with Crippen LogP contribution in [0.5, 0.6) is 17.2 Å². The highest BCUT2D eigenvalue weighted by atomic mass is 32.1. The SMILES string of the molecule is CCN(CC)C(=O)C1=C(C)N=c2s/c(=C/c3ccc(OCc4ccccc4C#N)c(OC)c3)c(=O)n2[C@@H]1c1ccccc1OC. The van der Waals surface area contributed by atoms with E-state index >= 15 is 0 Å². The smallest absolute Gasteiger partial charge is 0.271 e. The van der Waals surface area contributed by atoms with E-state index in [0.717, 1.165) is 11.1 Å². The largest absolute Gasteiger partial charge is 0.496 e. The Bertz CT molecular complexity index is 2000. The second kappa shape index (κ2) is 13.7. The van der Waals surface area contributed by atoms with Gasteiger partial charge in [0.05, 0.1) is 41.7 Å². The van der Waals surface area contributed by atoms with Crippen molar-refractivity contribution >= 4 is 23.3 Å². The van der Waals surface area contributed by atoms with E-state index < -0.39 is 6.04 Å². The molecule has 9 nitrogen and oxygen atoms in total. The third-order valence-electron chi connectivity index (χ3n) is 7.74. The molecule has 0 unspecified atom stereocenters. The maximum Gasteiger partial charge on any atom is 0.271 e. The molecule has 10 heteroatoms. The summed E-state index contributed by atoms with van der Waals surface area (Å²) in [4.78, 5) is 35.0. The summed E-state index contributed by atoms with van der Waals surface area (Å²) in [5, 5.41) is 9.39. The molecule has 1 aromatic heterocycles. The molecule has 1 amide bonds. The molecule has 230 valence electrons. The molecule has 0 radical (unpaired) electrons. The van der Waals surface area contributed by atoms with Gasteiger partial charge in [0.15, 0.2) is 16.3 Å². The molecule has 4 aromatic rings. The Morgan fingerprint density at radius 3 is 2.44 bits per heavy atom. The standard InChI is InChI=1S/C35H34N4O5S/c1-6-38(7-2)34(41)31-22(3)37-35-39(32(31)26-14-10-11-15-27(26)42-4)33(40)30(45-35)19-23-16-17-28(29(18-23)43-5)44-21-25-13-9-8-12-24(25)20-36/h8-19,32H,6-7,21H2,1-5H3/b30-19+/t32-/m1/s1. The van der Waals surface area contributed by atoms with E-state index in [1.165, 1.54) is 11.3 Å². The molecular formula is C35H34N4O5S. The highest BCUT2D eigenvalue weighted by Gasteiger charge is 2.35. The van der Waals surface area contributed by atoms with Gasteiger partial charge in [0.2, 0.25) is 0 Å². The lowest BCUT2D eigenvalue weighted by Crippen LogP contribution is -2.43. The lowest BCUT2D eigenvalue weighted by atomic mass is 9.94. The average molecular weight is 623 g/mol. The zero-order valence-electron chi connectivity index (χ0n) is 25.9. The van der Waals surface area contributed by atoms with Crippen LogP contribution >= 0.6 is 11.3 Å². The van der Waals surface area contributed by atoms with E-state index in [4.69, 9.17) is 19.2 Å². The molecule has 0 saturated carbocycles. The molecule has 3 aromatic carbocycles. The van der Waals surface area contributed by atoms with Crippen molar-refractivity contribution < 1.29 is 19.0 Å². The second-order valence-corrected chi connectivity index (χ2v) is 11.3. The fourth-order valence-corrected chi connectivity index (χ4v) is 6.46. The van der Waals surface area contributed by atoms with Crippen molar-refractivity contribution in [3.05, 3.63) is 120 Å². The summed E-state index contributed by atoms with van der Waals surface area (Å²) in [7, 11) is 3.13. The molecule has 0 fully saturated rings. The zero-order valence-corrected chi connectivity index (χ0v) is 26.7. The molecule has 1 aliphatic rings. The minimum atomic E-state index is -0.714. The molecule has 45 heavy (non-hydrogen) atoms.